The van der Waals surface area contributed by atoms with Crippen molar-refractivity contribution in [1.82, 2.24) is 9.97 Å². The van der Waals surface area contributed by atoms with E-state index in [1.54, 1.807) is 0 Å². The zero-order valence-corrected chi connectivity index (χ0v) is 14.4. The monoisotopic (exact) mass is 307 g/mol. The van der Waals surface area contributed by atoms with Gasteiger partial charge in [0.1, 0.15) is 16.8 Å². The molecule has 0 N–H and O–H groups in total. The lowest BCUT2D eigenvalue weighted by molar-refractivity contribution is 0.359. The van der Waals surface area contributed by atoms with Crippen LogP contribution in [0.3, 0.4) is 0 Å². The molecule has 1 aliphatic carbocycles. The first-order valence-corrected chi connectivity index (χ1v) is 8.57. The molecule has 0 aromatic carbocycles. The lowest BCUT2D eigenvalue weighted by Gasteiger charge is -2.39. The van der Waals surface area contributed by atoms with Crippen LogP contribution in [0.2, 0.25) is 5.15 Å². The molecule has 4 heteroatoms. The van der Waals surface area contributed by atoms with Crippen molar-refractivity contribution < 1.29 is 0 Å². The number of hydrogen-bond acceptors (Lipinski definition) is 3. The Hall–Kier alpha value is -0.830. The van der Waals surface area contributed by atoms with Gasteiger partial charge in [0.25, 0.3) is 0 Å². The molecule has 3 nitrogen and oxygen atoms in total. The van der Waals surface area contributed by atoms with Crippen LogP contribution in [-0.4, -0.2) is 22.6 Å². The highest BCUT2D eigenvalue weighted by Gasteiger charge is 2.37. The van der Waals surface area contributed by atoms with Crippen molar-refractivity contribution in [1.29, 1.82) is 0 Å². The van der Waals surface area contributed by atoms with E-state index in [4.69, 9.17) is 16.6 Å². The second-order valence-electron chi connectivity index (χ2n) is 7.63. The average Bonchev–Trinajstić information content (AvgIpc) is 2.88. The van der Waals surface area contributed by atoms with Crippen LogP contribution < -0.4 is 4.90 Å². The van der Waals surface area contributed by atoms with Crippen molar-refractivity contribution in [2.75, 3.05) is 11.4 Å². The van der Waals surface area contributed by atoms with Crippen molar-refractivity contribution in [2.24, 2.45) is 5.92 Å². The summed E-state index contributed by atoms with van der Waals surface area (Å²) in [5.41, 5.74) is 0.967. The minimum atomic E-state index is -0.0725. The summed E-state index contributed by atoms with van der Waals surface area (Å²) in [6.45, 7) is 9.60. The Morgan fingerprint density at radius 2 is 1.81 bits per heavy atom. The van der Waals surface area contributed by atoms with Crippen molar-refractivity contribution in [3.05, 3.63) is 16.5 Å². The molecule has 1 aromatic rings. The molecule has 1 saturated carbocycles. The molecule has 116 valence electrons. The molecule has 3 rings (SSSR count). The number of anilines is 1. The van der Waals surface area contributed by atoms with E-state index in [0.717, 1.165) is 29.7 Å². The smallest absolute Gasteiger partial charge is 0.137 e. The highest BCUT2D eigenvalue weighted by atomic mass is 35.5. The second kappa shape index (κ2) is 5.42. The third kappa shape index (κ3) is 2.77. The normalized spacial score (nSPS) is 26.0. The van der Waals surface area contributed by atoms with Crippen LogP contribution in [0, 0.1) is 12.8 Å². The summed E-state index contributed by atoms with van der Waals surface area (Å²) in [6.07, 6.45) is 6.69. The molecule has 0 bridgehead atoms. The van der Waals surface area contributed by atoms with Gasteiger partial charge in [-0.2, -0.15) is 0 Å². The predicted molar refractivity (Wildman–Crippen MR) is 88.2 cm³/mol. The largest absolute Gasteiger partial charge is 0.353 e. The minimum Gasteiger partial charge on any atom is -0.353 e. The molecule has 1 saturated heterocycles. The molecule has 1 aromatic heterocycles. The molecule has 0 amide bonds. The van der Waals surface area contributed by atoms with E-state index in [9.17, 15) is 0 Å². The molecular weight excluding hydrogens is 282 g/mol. The zero-order chi connectivity index (χ0) is 15.2. The number of rotatable bonds is 1. The molecule has 1 aliphatic heterocycles. The Balaban J connectivity index is 2.02. The number of halogens is 1. The molecule has 2 atom stereocenters. The van der Waals surface area contributed by atoms with Crippen molar-refractivity contribution in [2.45, 2.75) is 71.3 Å². The topological polar surface area (TPSA) is 29.0 Å². The summed E-state index contributed by atoms with van der Waals surface area (Å²) < 4.78 is 0. The van der Waals surface area contributed by atoms with Crippen molar-refractivity contribution in [3.8, 4) is 0 Å². The summed E-state index contributed by atoms with van der Waals surface area (Å²) in [6, 6.07) is 0.663. The van der Waals surface area contributed by atoms with E-state index < -0.39 is 0 Å². The van der Waals surface area contributed by atoms with Crippen LogP contribution in [0.15, 0.2) is 0 Å². The van der Waals surface area contributed by atoms with E-state index in [0.29, 0.717) is 11.2 Å². The fourth-order valence-electron chi connectivity index (χ4n) is 3.81. The van der Waals surface area contributed by atoms with E-state index >= 15 is 0 Å². The summed E-state index contributed by atoms with van der Waals surface area (Å²) in [7, 11) is 0. The first-order chi connectivity index (χ1) is 9.88. The average molecular weight is 308 g/mol. The third-order valence-electron chi connectivity index (χ3n) is 5.00. The van der Waals surface area contributed by atoms with E-state index in [2.05, 4.69) is 37.6 Å². The van der Waals surface area contributed by atoms with Gasteiger partial charge in [0.05, 0.1) is 0 Å². The lowest BCUT2D eigenvalue weighted by atomic mass is 9.91. The molecule has 0 spiro atoms. The molecule has 2 aliphatic rings. The highest BCUT2D eigenvalue weighted by molar-refractivity contribution is 6.30. The van der Waals surface area contributed by atoms with E-state index in [1.165, 1.54) is 32.1 Å². The van der Waals surface area contributed by atoms with Crippen LogP contribution in [0.1, 0.15) is 64.3 Å². The van der Waals surface area contributed by atoms with E-state index in [1.807, 2.05) is 0 Å². The Morgan fingerprint density at radius 3 is 2.52 bits per heavy atom. The lowest BCUT2D eigenvalue weighted by Crippen LogP contribution is -2.43. The number of nitrogens with zero attached hydrogens (tertiary/aromatic N) is 3. The number of fused-ring (bicyclic) bond motifs is 1. The van der Waals surface area contributed by atoms with Gasteiger partial charge in [-0.1, -0.05) is 38.8 Å². The quantitative estimate of drug-likeness (QED) is 0.715. The molecular formula is C17H26ClN3. The van der Waals surface area contributed by atoms with Gasteiger partial charge in [0.2, 0.25) is 0 Å². The first-order valence-electron chi connectivity index (χ1n) is 8.19. The SMILES string of the molecule is Cc1c(Cl)nc(C(C)(C)C)nc1N1CCCC2CCCC21. The molecule has 2 unspecified atom stereocenters. The second-order valence-corrected chi connectivity index (χ2v) is 7.99. The standard InChI is InChI=1S/C17H26ClN3/c1-11-14(18)19-16(17(2,3)4)20-15(11)21-10-6-8-12-7-5-9-13(12)21/h12-13H,5-10H2,1-4H3. The highest BCUT2D eigenvalue weighted by Crippen LogP contribution is 2.40. The summed E-state index contributed by atoms with van der Waals surface area (Å²) in [5.74, 6) is 2.79. The predicted octanol–water partition coefficient (Wildman–Crippen LogP) is 4.50. The van der Waals surface area contributed by atoms with Gasteiger partial charge in [0.15, 0.2) is 0 Å². The van der Waals surface area contributed by atoms with Gasteiger partial charge in [0, 0.05) is 23.6 Å². The van der Waals surface area contributed by atoms with Gasteiger partial charge in [-0.05, 0) is 38.5 Å². The summed E-state index contributed by atoms with van der Waals surface area (Å²) >= 11 is 6.41. The molecule has 2 heterocycles. The zero-order valence-electron chi connectivity index (χ0n) is 13.6. The Kier molecular flexibility index (Phi) is 3.89. The Labute approximate surface area is 133 Å². The third-order valence-corrected chi connectivity index (χ3v) is 5.36. The van der Waals surface area contributed by atoms with Crippen LogP contribution in [0.4, 0.5) is 5.82 Å². The maximum Gasteiger partial charge on any atom is 0.137 e. The van der Waals surface area contributed by atoms with Crippen molar-refractivity contribution in [3.63, 3.8) is 0 Å². The van der Waals surface area contributed by atoms with Gasteiger partial charge < -0.3 is 4.90 Å². The molecule has 21 heavy (non-hydrogen) atoms. The molecule has 0 radical (unpaired) electrons. The van der Waals surface area contributed by atoms with Crippen LogP contribution >= 0.6 is 11.6 Å². The van der Waals surface area contributed by atoms with E-state index in [-0.39, 0.29) is 5.41 Å². The van der Waals surface area contributed by atoms with Crippen LogP contribution in [0.25, 0.3) is 0 Å². The fourth-order valence-corrected chi connectivity index (χ4v) is 3.97. The van der Waals surface area contributed by atoms with Gasteiger partial charge in [-0.15, -0.1) is 0 Å². The summed E-state index contributed by atoms with van der Waals surface area (Å²) in [5, 5.41) is 0.616. The van der Waals surface area contributed by atoms with Gasteiger partial charge in [-0.25, -0.2) is 9.97 Å². The Bertz CT molecular complexity index is 536. The van der Waals surface area contributed by atoms with Crippen LogP contribution in [-0.2, 0) is 5.41 Å². The maximum absolute atomic E-state index is 6.41. The minimum absolute atomic E-state index is 0.0725. The first kappa shape index (κ1) is 15.1. The fraction of sp³-hybridized carbons (Fsp3) is 0.765. The number of piperidine rings is 1. The van der Waals surface area contributed by atoms with Gasteiger partial charge >= 0.3 is 0 Å². The number of hydrogen-bond donors (Lipinski definition) is 0. The van der Waals surface area contributed by atoms with Crippen LogP contribution in [0.5, 0.6) is 0 Å². The Morgan fingerprint density at radius 1 is 1.10 bits per heavy atom. The summed E-state index contributed by atoms with van der Waals surface area (Å²) in [4.78, 5) is 12.0. The van der Waals surface area contributed by atoms with Crippen molar-refractivity contribution >= 4 is 17.4 Å². The maximum atomic E-state index is 6.41. The number of aromatic nitrogens is 2. The van der Waals surface area contributed by atoms with Gasteiger partial charge in [-0.3, -0.25) is 0 Å². The molecule has 2 fully saturated rings.